The first-order valence-electron chi connectivity index (χ1n) is 7.66. The van der Waals surface area contributed by atoms with Crippen molar-refractivity contribution in [2.45, 2.75) is 44.7 Å². The Kier molecular flexibility index (Phi) is 3.18. The van der Waals surface area contributed by atoms with Gasteiger partial charge < -0.3 is 22.9 Å². The second kappa shape index (κ2) is 4.64. The summed E-state index contributed by atoms with van der Waals surface area (Å²) in [5, 5.41) is 0. The molecule has 20 heavy (non-hydrogen) atoms. The van der Waals surface area contributed by atoms with Crippen LogP contribution in [0.2, 0.25) is 0 Å². The van der Waals surface area contributed by atoms with Gasteiger partial charge >= 0.3 is 0 Å². The summed E-state index contributed by atoms with van der Waals surface area (Å²) in [6.45, 7) is 2.33. The van der Waals surface area contributed by atoms with E-state index in [0.29, 0.717) is 17.3 Å². The highest BCUT2D eigenvalue weighted by Gasteiger charge is 2.46. The minimum Gasteiger partial charge on any atom is -0.397 e. The molecule has 0 bridgehead atoms. The zero-order chi connectivity index (χ0) is 14.5. The fourth-order valence-corrected chi connectivity index (χ4v) is 4.20. The van der Waals surface area contributed by atoms with Gasteiger partial charge in [-0.05, 0) is 42.7 Å². The number of hydrogen-bond acceptors (Lipinski definition) is 4. The quantitative estimate of drug-likeness (QED) is 0.464. The third-order valence-corrected chi connectivity index (χ3v) is 5.48. The molecule has 1 fully saturated rings. The van der Waals surface area contributed by atoms with Crippen LogP contribution in [0.5, 0.6) is 0 Å². The van der Waals surface area contributed by atoms with Gasteiger partial charge in [0, 0.05) is 11.5 Å². The van der Waals surface area contributed by atoms with Gasteiger partial charge in [-0.25, -0.2) is 0 Å². The second-order valence-electron chi connectivity index (χ2n) is 6.87. The zero-order valence-corrected chi connectivity index (χ0v) is 12.2. The topological polar surface area (TPSA) is 104 Å². The van der Waals surface area contributed by atoms with Crippen molar-refractivity contribution in [2.75, 3.05) is 11.5 Å². The summed E-state index contributed by atoms with van der Waals surface area (Å²) in [6, 6.07) is 3.91. The van der Waals surface area contributed by atoms with Gasteiger partial charge in [-0.1, -0.05) is 25.8 Å². The molecule has 0 aromatic heterocycles. The molecular formula is C16H26N4. The van der Waals surface area contributed by atoms with Crippen molar-refractivity contribution >= 4 is 11.4 Å². The molecule has 1 aromatic carbocycles. The molecule has 1 unspecified atom stereocenters. The van der Waals surface area contributed by atoms with Gasteiger partial charge in [-0.3, -0.25) is 0 Å². The fourth-order valence-electron chi connectivity index (χ4n) is 4.20. The van der Waals surface area contributed by atoms with Crippen LogP contribution in [-0.4, -0.2) is 0 Å². The normalized spacial score (nSPS) is 32.0. The van der Waals surface area contributed by atoms with E-state index < -0.39 is 5.66 Å². The molecule has 3 rings (SSSR count). The Hall–Kier alpha value is -1.26. The number of benzene rings is 1. The molecule has 2 aliphatic rings. The summed E-state index contributed by atoms with van der Waals surface area (Å²) >= 11 is 0. The van der Waals surface area contributed by atoms with Gasteiger partial charge in [0.25, 0.3) is 0 Å². The molecule has 0 amide bonds. The minimum atomic E-state index is -0.833. The number of nitrogens with two attached hydrogens (primary N) is 4. The molecule has 0 aliphatic heterocycles. The van der Waals surface area contributed by atoms with Crippen LogP contribution in [0.15, 0.2) is 12.1 Å². The molecule has 1 aromatic rings. The van der Waals surface area contributed by atoms with E-state index in [2.05, 4.69) is 6.92 Å². The molecule has 110 valence electrons. The number of nitrogen functional groups attached to an aromatic ring is 2. The van der Waals surface area contributed by atoms with E-state index in [0.717, 1.165) is 17.9 Å². The van der Waals surface area contributed by atoms with E-state index >= 15 is 0 Å². The molecule has 4 heteroatoms. The van der Waals surface area contributed by atoms with Gasteiger partial charge in [0.1, 0.15) is 0 Å². The average Bonchev–Trinajstić information content (AvgIpc) is 2.67. The van der Waals surface area contributed by atoms with Crippen LogP contribution in [-0.2, 0) is 12.1 Å². The van der Waals surface area contributed by atoms with Crippen molar-refractivity contribution < 1.29 is 0 Å². The molecule has 0 radical (unpaired) electrons. The van der Waals surface area contributed by atoms with Gasteiger partial charge in [0.2, 0.25) is 0 Å². The first-order chi connectivity index (χ1) is 9.41. The third-order valence-electron chi connectivity index (χ3n) is 5.48. The van der Waals surface area contributed by atoms with Crippen molar-refractivity contribution in [2.24, 2.45) is 29.2 Å². The predicted molar refractivity (Wildman–Crippen MR) is 83.6 cm³/mol. The first-order valence-corrected chi connectivity index (χ1v) is 7.66. The molecule has 1 atom stereocenters. The summed E-state index contributed by atoms with van der Waals surface area (Å²) in [6.07, 6.45) is 5.96. The summed E-state index contributed by atoms with van der Waals surface area (Å²) in [7, 11) is 0. The Balaban J connectivity index is 1.92. The van der Waals surface area contributed by atoms with Gasteiger partial charge in [0.15, 0.2) is 0 Å². The van der Waals surface area contributed by atoms with Crippen molar-refractivity contribution in [1.82, 2.24) is 0 Å². The van der Waals surface area contributed by atoms with Crippen molar-refractivity contribution in [3.05, 3.63) is 23.3 Å². The maximum atomic E-state index is 6.51. The Bertz CT molecular complexity index is 515. The molecule has 0 spiro atoms. The molecular weight excluding hydrogens is 248 g/mol. The van der Waals surface area contributed by atoms with E-state index in [9.17, 15) is 0 Å². The van der Waals surface area contributed by atoms with Crippen LogP contribution in [0.1, 0.15) is 43.7 Å². The lowest BCUT2D eigenvalue weighted by Crippen LogP contribution is -2.53. The first kappa shape index (κ1) is 13.7. The van der Waals surface area contributed by atoms with Crippen molar-refractivity contribution in [3.8, 4) is 0 Å². The Morgan fingerprint density at radius 1 is 1.05 bits per heavy atom. The van der Waals surface area contributed by atoms with E-state index in [1.54, 1.807) is 0 Å². The van der Waals surface area contributed by atoms with Crippen LogP contribution in [0.25, 0.3) is 0 Å². The summed E-state index contributed by atoms with van der Waals surface area (Å²) in [4.78, 5) is 0. The van der Waals surface area contributed by atoms with E-state index in [1.807, 2.05) is 12.1 Å². The predicted octanol–water partition coefficient (Wildman–Crippen LogP) is 1.92. The largest absolute Gasteiger partial charge is 0.397 e. The maximum absolute atomic E-state index is 6.51. The van der Waals surface area contributed by atoms with Crippen LogP contribution < -0.4 is 22.9 Å². The highest BCUT2D eigenvalue weighted by molar-refractivity contribution is 5.72. The molecule has 0 saturated heterocycles. The average molecular weight is 274 g/mol. The summed E-state index contributed by atoms with van der Waals surface area (Å²) < 4.78 is 0. The summed E-state index contributed by atoms with van der Waals surface area (Å²) in [5.41, 5.74) is 27.5. The maximum Gasteiger partial charge on any atom is 0.0957 e. The minimum absolute atomic E-state index is 0.286. The van der Waals surface area contributed by atoms with Crippen LogP contribution in [0, 0.1) is 17.8 Å². The van der Waals surface area contributed by atoms with E-state index in [-0.39, 0.29) is 5.92 Å². The van der Waals surface area contributed by atoms with Gasteiger partial charge in [0.05, 0.1) is 17.0 Å². The second-order valence-corrected chi connectivity index (χ2v) is 6.87. The standard InChI is InChI=1S/C16H26N4/c1-9-2-4-10(5-3-9)12-8-11-6-7-13(17)15(18)14(11)16(12,19)20/h6-7,9-10,12H,2-5,8,17-20H2,1H3. The molecule has 8 N–H and O–H groups in total. The lowest BCUT2D eigenvalue weighted by molar-refractivity contribution is 0.149. The van der Waals surface area contributed by atoms with Gasteiger partial charge in [-0.2, -0.15) is 0 Å². The number of rotatable bonds is 1. The highest BCUT2D eigenvalue weighted by Crippen LogP contribution is 2.48. The van der Waals surface area contributed by atoms with Crippen LogP contribution in [0.4, 0.5) is 11.4 Å². The van der Waals surface area contributed by atoms with Gasteiger partial charge in [-0.15, -0.1) is 0 Å². The Morgan fingerprint density at radius 2 is 1.70 bits per heavy atom. The third kappa shape index (κ3) is 1.98. The number of fused-ring (bicyclic) bond motifs is 1. The lowest BCUT2D eigenvalue weighted by Gasteiger charge is -2.38. The highest BCUT2D eigenvalue weighted by atomic mass is 15.0. The lowest BCUT2D eigenvalue weighted by atomic mass is 9.72. The number of anilines is 2. The molecule has 4 nitrogen and oxygen atoms in total. The van der Waals surface area contributed by atoms with Crippen molar-refractivity contribution in [1.29, 1.82) is 0 Å². The Labute approximate surface area is 120 Å². The SMILES string of the molecule is CC1CCC(C2Cc3ccc(N)c(N)c3C2(N)N)CC1. The zero-order valence-electron chi connectivity index (χ0n) is 12.2. The molecule has 0 heterocycles. The van der Waals surface area contributed by atoms with Crippen molar-refractivity contribution in [3.63, 3.8) is 0 Å². The smallest absolute Gasteiger partial charge is 0.0957 e. The van der Waals surface area contributed by atoms with E-state index in [4.69, 9.17) is 22.9 Å². The molecule has 1 saturated carbocycles. The fraction of sp³-hybridized carbons (Fsp3) is 0.625. The Morgan fingerprint density at radius 3 is 2.35 bits per heavy atom. The number of hydrogen-bond donors (Lipinski definition) is 4. The van der Waals surface area contributed by atoms with Crippen LogP contribution >= 0.6 is 0 Å². The monoisotopic (exact) mass is 274 g/mol. The summed E-state index contributed by atoms with van der Waals surface area (Å²) in [5.74, 6) is 1.73. The van der Waals surface area contributed by atoms with Crippen LogP contribution in [0.3, 0.4) is 0 Å². The molecule has 2 aliphatic carbocycles. The van der Waals surface area contributed by atoms with E-state index in [1.165, 1.54) is 31.2 Å².